The van der Waals surface area contributed by atoms with Crippen LogP contribution < -0.4 is 5.32 Å². The highest BCUT2D eigenvalue weighted by Gasteiger charge is 2.44. The van der Waals surface area contributed by atoms with E-state index < -0.39 is 5.60 Å². The molecule has 2 aliphatic rings. The zero-order chi connectivity index (χ0) is 21.1. The van der Waals surface area contributed by atoms with E-state index in [4.69, 9.17) is 9.84 Å². The number of aliphatic hydroxyl groups excluding tert-OH is 1. The van der Waals surface area contributed by atoms with Gasteiger partial charge in [0.1, 0.15) is 5.82 Å². The maximum absolute atomic E-state index is 13.8. The van der Waals surface area contributed by atoms with E-state index >= 15 is 0 Å². The van der Waals surface area contributed by atoms with Gasteiger partial charge in [-0.05, 0) is 43.0 Å². The second-order valence-corrected chi connectivity index (χ2v) is 8.88. The van der Waals surface area contributed by atoms with Gasteiger partial charge in [-0.2, -0.15) is 0 Å². The Morgan fingerprint density at radius 3 is 2.93 bits per heavy atom. The highest BCUT2D eigenvalue weighted by atomic mass is 32.1. The predicted octanol–water partition coefficient (Wildman–Crippen LogP) is 2.46. The third kappa shape index (κ3) is 4.27. The molecule has 1 aromatic carbocycles. The molecule has 1 saturated heterocycles. The van der Waals surface area contributed by atoms with Gasteiger partial charge in [0.2, 0.25) is 5.91 Å². The van der Waals surface area contributed by atoms with Gasteiger partial charge >= 0.3 is 0 Å². The number of fused-ring (bicyclic) bond motifs is 2. The fourth-order valence-corrected chi connectivity index (χ4v) is 5.28. The predicted molar refractivity (Wildman–Crippen MR) is 113 cm³/mol. The van der Waals surface area contributed by atoms with Gasteiger partial charge in [-0.3, -0.25) is 9.69 Å². The Morgan fingerprint density at radius 2 is 2.23 bits per heavy atom. The van der Waals surface area contributed by atoms with Crippen LogP contribution in [0.3, 0.4) is 0 Å². The van der Waals surface area contributed by atoms with Crippen LogP contribution in [-0.2, 0) is 28.2 Å². The minimum absolute atomic E-state index is 0.0103. The molecular weight excluding hydrogens is 405 g/mol. The van der Waals surface area contributed by atoms with Crippen molar-refractivity contribution in [1.29, 1.82) is 0 Å². The van der Waals surface area contributed by atoms with Gasteiger partial charge in [0, 0.05) is 37.5 Å². The number of hydrogen-bond donors (Lipinski definition) is 2. The summed E-state index contributed by atoms with van der Waals surface area (Å²) in [7, 11) is 0. The zero-order valence-electron chi connectivity index (χ0n) is 17.1. The Kier molecular flexibility index (Phi) is 6.48. The maximum atomic E-state index is 13.8. The molecule has 162 valence electrons. The van der Waals surface area contributed by atoms with Crippen LogP contribution in [0, 0.1) is 11.7 Å². The standard InChI is InChI=1S/C22H28FN3O3S/c1-15(19(21(28)24-6-9-27)11-18-13-30-14-25-18)26-7-4-22(5-8-26)20-10-17(23)3-2-16(20)12-29-22/h2-3,10,13-15,19,27H,4-9,11-12H2,1H3,(H,24,28). The first-order valence-corrected chi connectivity index (χ1v) is 11.4. The fraction of sp³-hybridized carbons (Fsp3) is 0.545. The molecule has 2 atom stereocenters. The molecular formula is C22H28FN3O3S. The molecule has 1 amide bonds. The number of benzene rings is 1. The largest absolute Gasteiger partial charge is 0.395 e. The van der Waals surface area contributed by atoms with Crippen LogP contribution in [0.25, 0.3) is 0 Å². The SMILES string of the molecule is CC(C(Cc1cscn1)C(=O)NCCO)N1CCC2(CC1)OCc1ccc(F)cc12. The third-order valence-electron chi connectivity index (χ3n) is 6.49. The first-order valence-electron chi connectivity index (χ1n) is 10.4. The number of ether oxygens (including phenoxy) is 1. The minimum atomic E-state index is -0.419. The van der Waals surface area contributed by atoms with Gasteiger partial charge in [-0.1, -0.05) is 6.07 Å². The summed E-state index contributed by atoms with van der Waals surface area (Å²) in [5.41, 5.74) is 4.32. The van der Waals surface area contributed by atoms with Crippen molar-refractivity contribution in [2.75, 3.05) is 26.2 Å². The first-order chi connectivity index (χ1) is 14.5. The average molecular weight is 434 g/mol. The van der Waals surface area contributed by atoms with Gasteiger partial charge in [-0.15, -0.1) is 11.3 Å². The van der Waals surface area contributed by atoms with E-state index in [1.807, 2.05) is 11.4 Å². The highest BCUT2D eigenvalue weighted by Crippen LogP contribution is 2.44. The summed E-state index contributed by atoms with van der Waals surface area (Å²) >= 11 is 1.52. The summed E-state index contributed by atoms with van der Waals surface area (Å²) in [6.07, 6.45) is 2.11. The molecule has 0 radical (unpaired) electrons. The third-order valence-corrected chi connectivity index (χ3v) is 7.13. The smallest absolute Gasteiger partial charge is 0.225 e. The van der Waals surface area contributed by atoms with Crippen LogP contribution >= 0.6 is 11.3 Å². The van der Waals surface area contributed by atoms with E-state index in [2.05, 4.69) is 22.1 Å². The number of piperidine rings is 1. The second kappa shape index (κ2) is 9.09. The van der Waals surface area contributed by atoms with Crippen molar-refractivity contribution in [1.82, 2.24) is 15.2 Å². The number of carbonyl (C=O) groups excluding carboxylic acids is 1. The van der Waals surface area contributed by atoms with Gasteiger partial charge < -0.3 is 15.2 Å². The molecule has 2 aromatic rings. The molecule has 1 aromatic heterocycles. The molecule has 2 aliphatic heterocycles. The summed E-state index contributed by atoms with van der Waals surface area (Å²) in [5.74, 6) is -0.547. The van der Waals surface area contributed by atoms with Gasteiger partial charge in [0.15, 0.2) is 0 Å². The molecule has 2 N–H and O–H groups in total. The van der Waals surface area contributed by atoms with Gasteiger partial charge in [-0.25, -0.2) is 9.37 Å². The van der Waals surface area contributed by atoms with Gasteiger partial charge in [0.05, 0.1) is 35.9 Å². The normalized spacial score (nSPS) is 20.1. The Labute approximate surface area is 180 Å². The number of thiazole rings is 1. The average Bonchev–Trinajstić information content (AvgIpc) is 3.39. The van der Waals surface area contributed by atoms with Crippen molar-refractivity contribution < 1.29 is 19.0 Å². The zero-order valence-corrected chi connectivity index (χ0v) is 18.0. The molecule has 0 aliphatic carbocycles. The maximum Gasteiger partial charge on any atom is 0.225 e. The summed E-state index contributed by atoms with van der Waals surface area (Å²) in [6, 6.07) is 4.95. The summed E-state index contributed by atoms with van der Waals surface area (Å²) < 4.78 is 20.0. The number of nitrogens with zero attached hydrogens (tertiary/aromatic N) is 2. The van der Waals surface area contributed by atoms with Crippen molar-refractivity contribution in [2.24, 2.45) is 5.92 Å². The van der Waals surface area contributed by atoms with E-state index in [1.54, 1.807) is 11.6 Å². The number of carbonyl (C=O) groups is 1. The van der Waals surface area contributed by atoms with Crippen LogP contribution in [0.1, 0.15) is 36.6 Å². The lowest BCUT2D eigenvalue weighted by molar-refractivity contribution is -0.128. The van der Waals surface area contributed by atoms with Crippen molar-refractivity contribution >= 4 is 17.2 Å². The fourth-order valence-electron chi connectivity index (χ4n) is 4.71. The van der Waals surface area contributed by atoms with E-state index in [0.29, 0.717) is 13.0 Å². The first kappa shape index (κ1) is 21.4. The van der Waals surface area contributed by atoms with E-state index in [-0.39, 0.29) is 36.8 Å². The molecule has 0 bridgehead atoms. The molecule has 4 rings (SSSR count). The topological polar surface area (TPSA) is 74.7 Å². The summed E-state index contributed by atoms with van der Waals surface area (Å²) in [4.78, 5) is 19.5. The Bertz CT molecular complexity index is 869. The quantitative estimate of drug-likeness (QED) is 0.702. The van der Waals surface area contributed by atoms with Crippen molar-refractivity contribution in [2.45, 2.75) is 44.4 Å². The Morgan fingerprint density at radius 1 is 1.43 bits per heavy atom. The van der Waals surface area contributed by atoms with Crippen LogP contribution in [-0.4, -0.2) is 53.2 Å². The van der Waals surface area contributed by atoms with Crippen molar-refractivity contribution in [3.63, 3.8) is 0 Å². The number of hydrogen-bond acceptors (Lipinski definition) is 6. The minimum Gasteiger partial charge on any atom is -0.395 e. The van der Waals surface area contributed by atoms with Gasteiger partial charge in [0.25, 0.3) is 0 Å². The van der Waals surface area contributed by atoms with Crippen LogP contribution in [0.5, 0.6) is 0 Å². The lowest BCUT2D eigenvalue weighted by Crippen LogP contribution is -2.51. The van der Waals surface area contributed by atoms with Crippen LogP contribution in [0.4, 0.5) is 4.39 Å². The number of likely N-dealkylation sites (tertiary alicyclic amines) is 1. The highest BCUT2D eigenvalue weighted by molar-refractivity contribution is 7.07. The number of nitrogens with one attached hydrogen (secondary N) is 1. The van der Waals surface area contributed by atoms with Crippen molar-refractivity contribution in [3.05, 3.63) is 51.7 Å². The van der Waals surface area contributed by atoms with E-state index in [9.17, 15) is 9.18 Å². The number of aliphatic hydroxyl groups is 1. The second-order valence-electron chi connectivity index (χ2n) is 8.17. The number of aromatic nitrogens is 1. The molecule has 1 spiro atoms. The molecule has 2 unspecified atom stereocenters. The van der Waals surface area contributed by atoms with Crippen molar-refractivity contribution in [3.8, 4) is 0 Å². The lowest BCUT2D eigenvalue weighted by Gasteiger charge is -2.43. The molecule has 6 nitrogen and oxygen atoms in total. The Balaban J connectivity index is 1.46. The molecule has 0 saturated carbocycles. The monoisotopic (exact) mass is 433 g/mol. The number of rotatable bonds is 7. The van der Waals surface area contributed by atoms with Crippen LogP contribution in [0.2, 0.25) is 0 Å². The number of amides is 1. The molecule has 3 heterocycles. The molecule has 1 fully saturated rings. The summed E-state index contributed by atoms with van der Waals surface area (Å²) in [6.45, 7) is 4.33. The van der Waals surface area contributed by atoms with E-state index in [1.165, 1.54) is 17.4 Å². The van der Waals surface area contributed by atoms with E-state index in [0.717, 1.165) is 42.8 Å². The lowest BCUT2D eigenvalue weighted by atomic mass is 9.82. The Hall–Kier alpha value is -1.87. The molecule has 8 heteroatoms. The van der Waals surface area contributed by atoms with Crippen LogP contribution in [0.15, 0.2) is 29.1 Å². The molecule has 30 heavy (non-hydrogen) atoms. The summed E-state index contributed by atoms with van der Waals surface area (Å²) in [5, 5.41) is 13.9. The number of halogens is 1.